The molecule has 0 aliphatic carbocycles. The van der Waals surface area contributed by atoms with Crippen LogP contribution in [0, 0.1) is 0 Å². The zero-order chi connectivity index (χ0) is 18.1. The molecule has 10 nitrogen and oxygen atoms in total. The molecule has 10 heteroatoms. The molecule has 4 rings (SSSR count). The van der Waals surface area contributed by atoms with Crippen LogP contribution in [0.4, 0.5) is 5.95 Å². The van der Waals surface area contributed by atoms with E-state index in [-0.39, 0.29) is 17.2 Å². The van der Waals surface area contributed by atoms with E-state index in [0.29, 0.717) is 11.3 Å². The van der Waals surface area contributed by atoms with Crippen LogP contribution < -0.4 is 5.32 Å². The van der Waals surface area contributed by atoms with Crippen molar-refractivity contribution in [3.8, 4) is 5.69 Å². The monoisotopic (exact) mass is 349 g/mol. The average Bonchev–Trinajstić information content (AvgIpc) is 3.30. The van der Waals surface area contributed by atoms with Gasteiger partial charge in [0.1, 0.15) is 0 Å². The predicted molar refractivity (Wildman–Crippen MR) is 89.3 cm³/mol. The molecule has 4 aromatic rings. The van der Waals surface area contributed by atoms with E-state index in [1.807, 2.05) is 0 Å². The lowest BCUT2D eigenvalue weighted by atomic mass is 10.2. The maximum atomic E-state index is 12.2. The molecule has 0 unspecified atom stereocenters. The summed E-state index contributed by atoms with van der Waals surface area (Å²) in [6, 6.07) is 6.17. The molecule has 1 amide bonds. The smallest absolute Gasteiger partial charge is 0.338 e. The number of hydrogen-bond donors (Lipinski definition) is 2. The Labute approximate surface area is 145 Å². The third-order valence-electron chi connectivity index (χ3n) is 3.60. The van der Waals surface area contributed by atoms with Gasteiger partial charge < -0.3 is 5.11 Å². The van der Waals surface area contributed by atoms with E-state index in [1.165, 1.54) is 40.1 Å². The molecule has 0 saturated heterocycles. The molecule has 4 heterocycles. The number of fused-ring (bicyclic) bond motifs is 1. The molecule has 128 valence electrons. The van der Waals surface area contributed by atoms with Crippen molar-refractivity contribution < 1.29 is 14.7 Å². The summed E-state index contributed by atoms with van der Waals surface area (Å²) in [5.74, 6) is -1.46. The van der Waals surface area contributed by atoms with Crippen molar-refractivity contribution in [3.63, 3.8) is 0 Å². The SMILES string of the molecule is O=C(Nc1nc2cc(C(=O)O)c(-n3cccn3)cn2n1)c1ccncc1. The predicted octanol–water partition coefficient (Wildman–Crippen LogP) is 1.26. The molecule has 0 bridgehead atoms. The van der Waals surface area contributed by atoms with Gasteiger partial charge in [-0.25, -0.2) is 14.0 Å². The third-order valence-corrected chi connectivity index (χ3v) is 3.60. The highest BCUT2D eigenvalue weighted by atomic mass is 16.4. The minimum atomic E-state index is -1.12. The number of carboxylic acids is 1. The van der Waals surface area contributed by atoms with E-state index in [1.54, 1.807) is 24.4 Å². The second-order valence-corrected chi connectivity index (χ2v) is 5.26. The van der Waals surface area contributed by atoms with Crippen LogP contribution in [0.25, 0.3) is 11.3 Å². The summed E-state index contributed by atoms with van der Waals surface area (Å²) in [7, 11) is 0. The van der Waals surface area contributed by atoms with Crippen LogP contribution in [0.15, 0.2) is 55.2 Å². The maximum absolute atomic E-state index is 12.2. The average molecular weight is 349 g/mol. The van der Waals surface area contributed by atoms with Crippen LogP contribution in [0.2, 0.25) is 0 Å². The van der Waals surface area contributed by atoms with E-state index in [2.05, 4.69) is 25.5 Å². The van der Waals surface area contributed by atoms with Gasteiger partial charge in [0.05, 0.1) is 17.4 Å². The Morgan fingerprint density at radius 3 is 2.65 bits per heavy atom. The molecule has 0 aliphatic rings. The van der Waals surface area contributed by atoms with Gasteiger partial charge in [0, 0.05) is 30.4 Å². The van der Waals surface area contributed by atoms with Crippen molar-refractivity contribution in [2.75, 3.05) is 5.32 Å². The fourth-order valence-corrected chi connectivity index (χ4v) is 2.41. The second kappa shape index (κ2) is 6.09. The summed E-state index contributed by atoms with van der Waals surface area (Å²) in [5.41, 5.74) is 1.03. The van der Waals surface area contributed by atoms with E-state index in [4.69, 9.17) is 0 Å². The number of amides is 1. The van der Waals surface area contributed by atoms with Gasteiger partial charge >= 0.3 is 5.97 Å². The molecule has 0 spiro atoms. The first-order valence-corrected chi connectivity index (χ1v) is 7.47. The molecule has 0 radical (unpaired) electrons. The number of carboxylic acid groups (broad SMARTS) is 1. The highest BCUT2D eigenvalue weighted by molar-refractivity contribution is 6.03. The lowest BCUT2D eigenvalue weighted by Crippen LogP contribution is -2.13. The Bertz CT molecular complexity index is 1100. The van der Waals surface area contributed by atoms with Gasteiger partial charge in [0.25, 0.3) is 5.91 Å². The number of pyridine rings is 2. The fraction of sp³-hybridized carbons (Fsp3) is 0. The topological polar surface area (TPSA) is 127 Å². The zero-order valence-electron chi connectivity index (χ0n) is 13.1. The van der Waals surface area contributed by atoms with Crippen molar-refractivity contribution in [1.29, 1.82) is 0 Å². The van der Waals surface area contributed by atoms with Gasteiger partial charge in [-0.1, -0.05) is 0 Å². The molecule has 2 N–H and O–H groups in total. The largest absolute Gasteiger partial charge is 0.478 e. The zero-order valence-corrected chi connectivity index (χ0v) is 13.1. The highest BCUT2D eigenvalue weighted by Gasteiger charge is 2.17. The first-order valence-electron chi connectivity index (χ1n) is 7.47. The molecular weight excluding hydrogens is 338 g/mol. The van der Waals surface area contributed by atoms with Crippen molar-refractivity contribution >= 4 is 23.5 Å². The molecular formula is C16H11N7O3. The number of rotatable bonds is 4. The first-order chi connectivity index (χ1) is 12.6. The van der Waals surface area contributed by atoms with E-state index in [0.717, 1.165) is 0 Å². The van der Waals surface area contributed by atoms with Gasteiger partial charge in [0.15, 0.2) is 5.65 Å². The molecule has 4 aromatic heterocycles. The molecule has 0 fully saturated rings. The van der Waals surface area contributed by atoms with E-state index >= 15 is 0 Å². The summed E-state index contributed by atoms with van der Waals surface area (Å²) in [4.78, 5) is 31.7. The standard InChI is InChI=1S/C16H11N7O3/c24-14(10-2-5-17-6-3-10)20-16-19-13-8-11(15(25)26)12(9-23(13)21-16)22-7-1-4-18-22/h1-9H,(H,25,26)(H,20,21,24). The molecule has 26 heavy (non-hydrogen) atoms. The van der Waals surface area contributed by atoms with Gasteiger partial charge in [-0.2, -0.15) is 10.1 Å². The Morgan fingerprint density at radius 1 is 1.15 bits per heavy atom. The van der Waals surface area contributed by atoms with Crippen LogP contribution in [0.1, 0.15) is 20.7 Å². The van der Waals surface area contributed by atoms with Crippen LogP contribution in [0.5, 0.6) is 0 Å². The Kier molecular flexibility index (Phi) is 3.62. The van der Waals surface area contributed by atoms with Crippen LogP contribution in [-0.2, 0) is 0 Å². The number of carbonyl (C=O) groups is 2. The summed E-state index contributed by atoms with van der Waals surface area (Å²) >= 11 is 0. The lowest BCUT2D eigenvalue weighted by Gasteiger charge is -2.06. The molecule has 0 saturated carbocycles. The Balaban J connectivity index is 1.73. The molecule has 0 atom stereocenters. The van der Waals surface area contributed by atoms with E-state index in [9.17, 15) is 14.7 Å². The summed E-state index contributed by atoms with van der Waals surface area (Å²) in [6.07, 6.45) is 7.65. The number of carbonyl (C=O) groups excluding carboxylic acids is 1. The van der Waals surface area contributed by atoms with Crippen LogP contribution in [0.3, 0.4) is 0 Å². The minimum absolute atomic E-state index is 0.0145. The van der Waals surface area contributed by atoms with Gasteiger partial charge in [-0.05, 0) is 24.3 Å². The summed E-state index contributed by atoms with van der Waals surface area (Å²) < 4.78 is 2.80. The van der Waals surface area contributed by atoms with Crippen molar-refractivity contribution in [3.05, 3.63) is 66.4 Å². The minimum Gasteiger partial charge on any atom is -0.478 e. The fourth-order valence-electron chi connectivity index (χ4n) is 2.41. The van der Waals surface area contributed by atoms with Crippen molar-refractivity contribution in [1.82, 2.24) is 29.4 Å². The second-order valence-electron chi connectivity index (χ2n) is 5.26. The number of nitrogens with one attached hydrogen (secondary N) is 1. The number of nitrogens with zero attached hydrogens (tertiary/aromatic N) is 6. The van der Waals surface area contributed by atoms with Crippen molar-refractivity contribution in [2.45, 2.75) is 0 Å². The van der Waals surface area contributed by atoms with Gasteiger partial charge in [0.2, 0.25) is 5.95 Å². The number of anilines is 1. The van der Waals surface area contributed by atoms with Crippen LogP contribution in [-0.4, -0.2) is 46.3 Å². The third kappa shape index (κ3) is 2.75. The van der Waals surface area contributed by atoms with Crippen LogP contribution >= 0.6 is 0 Å². The number of aromatic carboxylic acids is 1. The van der Waals surface area contributed by atoms with Gasteiger partial charge in [-0.3, -0.25) is 15.1 Å². The lowest BCUT2D eigenvalue weighted by molar-refractivity contribution is 0.0696. The van der Waals surface area contributed by atoms with E-state index < -0.39 is 11.9 Å². The first kappa shape index (κ1) is 15.4. The van der Waals surface area contributed by atoms with Gasteiger partial charge in [-0.15, -0.1) is 5.10 Å². The normalized spacial score (nSPS) is 10.8. The summed E-state index contributed by atoms with van der Waals surface area (Å²) in [6.45, 7) is 0. The summed E-state index contributed by atoms with van der Waals surface area (Å²) in [5, 5.41) is 20.2. The molecule has 0 aromatic carbocycles. The maximum Gasteiger partial charge on any atom is 0.338 e. The molecule has 0 aliphatic heterocycles. The quantitative estimate of drug-likeness (QED) is 0.568. The Morgan fingerprint density at radius 2 is 1.96 bits per heavy atom. The number of hydrogen-bond acceptors (Lipinski definition) is 6. The Hall–Kier alpha value is -4.08. The van der Waals surface area contributed by atoms with Crippen molar-refractivity contribution in [2.24, 2.45) is 0 Å². The highest BCUT2D eigenvalue weighted by Crippen LogP contribution is 2.17. The number of aromatic nitrogens is 6.